The van der Waals surface area contributed by atoms with E-state index in [-0.39, 0.29) is 5.91 Å². The van der Waals surface area contributed by atoms with E-state index in [1.165, 1.54) is 0 Å². The minimum atomic E-state index is -0.0736. The topological polar surface area (TPSA) is 58.4 Å². The van der Waals surface area contributed by atoms with E-state index in [2.05, 4.69) is 17.2 Å². The van der Waals surface area contributed by atoms with Crippen molar-refractivity contribution >= 4 is 5.91 Å². The monoisotopic (exact) mass is 285 g/mol. The summed E-state index contributed by atoms with van der Waals surface area (Å²) >= 11 is 0. The fraction of sp³-hybridized carbons (Fsp3) is 0.375. The highest BCUT2D eigenvalue weighted by Gasteiger charge is 2.26. The normalized spacial score (nSPS) is 18.8. The van der Waals surface area contributed by atoms with Gasteiger partial charge in [-0.1, -0.05) is 18.2 Å². The lowest BCUT2D eigenvalue weighted by atomic mass is 10.2. The highest BCUT2D eigenvalue weighted by Crippen LogP contribution is 2.22. The third-order valence-electron chi connectivity index (χ3n) is 3.67. The van der Waals surface area contributed by atoms with Gasteiger partial charge in [-0.25, -0.2) is 4.98 Å². The molecule has 0 radical (unpaired) electrons. The Hall–Kier alpha value is -2.14. The molecule has 0 aliphatic carbocycles. The fourth-order valence-electron chi connectivity index (χ4n) is 2.56. The Kier molecular flexibility index (Phi) is 3.75. The summed E-state index contributed by atoms with van der Waals surface area (Å²) in [6.07, 6.45) is 0. The molecular formula is C16H19N3O2. The van der Waals surface area contributed by atoms with Crippen LogP contribution < -0.4 is 5.32 Å². The number of hydrogen-bond donors (Lipinski definition) is 1. The van der Waals surface area contributed by atoms with Gasteiger partial charge in [-0.05, 0) is 26.0 Å². The molecule has 2 heterocycles. The zero-order valence-corrected chi connectivity index (χ0v) is 12.3. The number of oxazole rings is 1. The predicted molar refractivity (Wildman–Crippen MR) is 80.0 cm³/mol. The average Bonchev–Trinajstić information content (AvgIpc) is 2.89. The summed E-state index contributed by atoms with van der Waals surface area (Å²) < 4.78 is 5.73. The second-order valence-corrected chi connectivity index (χ2v) is 5.41. The summed E-state index contributed by atoms with van der Waals surface area (Å²) in [5.41, 5.74) is 1.53. The van der Waals surface area contributed by atoms with Crippen molar-refractivity contribution in [2.75, 3.05) is 19.6 Å². The standard InChI is InChI=1S/C16H19N3O2/c1-11-10-19(9-8-17-11)16(20)14-12(2)18-15(21-14)13-6-4-3-5-7-13/h3-7,11,17H,8-10H2,1-2H3/t11-/m0/s1. The van der Waals surface area contributed by atoms with Crippen LogP contribution in [-0.2, 0) is 0 Å². The second kappa shape index (κ2) is 5.69. The van der Waals surface area contributed by atoms with Crippen LogP contribution in [0, 0.1) is 6.92 Å². The lowest BCUT2D eigenvalue weighted by Gasteiger charge is -2.31. The summed E-state index contributed by atoms with van der Waals surface area (Å²) in [6.45, 7) is 6.09. The van der Waals surface area contributed by atoms with E-state index < -0.39 is 0 Å². The SMILES string of the molecule is Cc1nc(-c2ccccc2)oc1C(=O)N1CCN[C@@H](C)C1. The van der Waals surface area contributed by atoms with E-state index in [0.717, 1.165) is 12.1 Å². The maximum atomic E-state index is 12.6. The Balaban J connectivity index is 1.86. The summed E-state index contributed by atoms with van der Waals surface area (Å²) in [5, 5.41) is 3.32. The molecule has 5 heteroatoms. The van der Waals surface area contributed by atoms with Gasteiger partial charge < -0.3 is 14.6 Å². The number of rotatable bonds is 2. The van der Waals surface area contributed by atoms with Gasteiger partial charge in [0.1, 0.15) is 0 Å². The van der Waals surface area contributed by atoms with Crippen LogP contribution in [0.3, 0.4) is 0 Å². The van der Waals surface area contributed by atoms with Crippen molar-refractivity contribution in [1.82, 2.24) is 15.2 Å². The summed E-state index contributed by atoms with van der Waals surface area (Å²) in [5.74, 6) is 0.776. The molecule has 1 aromatic heterocycles. The summed E-state index contributed by atoms with van der Waals surface area (Å²) in [4.78, 5) is 18.8. The molecule has 2 aromatic rings. The first-order valence-electron chi connectivity index (χ1n) is 7.20. The van der Waals surface area contributed by atoms with Crippen LogP contribution in [0.5, 0.6) is 0 Å². The highest BCUT2D eigenvalue weighted by molar-refractivity contribution is 5.93. The van der Waals surface area contributed by atoms with Crippen LogP contribution in [0.25, 0.3) is 11.5 Å². The highest BCUT2D eigenvalue weighted by atomic mass is 16.4. The molecule has 0 bridgehead atoms. The smallest absolute Gasteiger partial charge is 0.291 e. The van der Waals surface area contributed by atoms with Crippen LogP contribution in [0.15, 0.2) is 34.7 Å². The number of amides is 1. The second-order valence-electron chi connectivity index (χ2n) is 5.41. The zero-order valence-electron chi connectivity index (χ0n) is 12.3. The Bertz CT molecular complexity index is 636. The number of nitrogens with one attached hydrogen (secondary N) is 1. The van der Waals surface area contributed by atoms with E-state index in [4.69, 9.17) is 4.42 Å². The molecule has 0 saturated carbocycles. The molecule has 110 valence electrons. The number of piperazine rings is 1. The first-order chi connectivity index (χ1) is 10.1. The van der Waals surface area contributed by atoms with Crippen molar-refractivity contribution in [1.29, 1.82) is 0 Å². The van der Waals surface area contributed by atoms with Crippen molar-refractivity contribution in [3.05, 3.63) is 41.8 Å². The van der Waals surface area contributed by atoms with E-state index in [1.807, 2.05) is 42.2 Å². The third-order valence-corrected chi connectivity index (χ3v) is 3.67. The van der Waals surface area contributed by atoms with Crippen molar-refractivity contribution < 1.29 is 9.21 Å². The lowest BCUT2D eigenvalue weighted by molar-refractivity contribution is 0.0677. The minimum absolute atomic E-state index is 0.0736. The zero-order chi connectivity index (χ0) is 14.8. The number of carbonyl (C=O) groups excluding carboxylic acids is 1. The van der Waals surface area contributed by atoms with Gasteiger partial charge in [-0.15, -0.1) is 0 Å². The molecule has 1 aliphatic rings. The molecule has 1 aromatic carbocycles. The molecule has 1 fully saturated rings. The van der Waals surface area contributed by atoms with E-state index in [9.17, 15) is 4.79 Å². The van der Waals surface area contributed by atoms with Gasteiger partial charge in [0.15, 0.2) is 0 Å². The lowest BCUT2D eigenvalue weighted by Crippen LogP contribution is -2.51. The van der Waals surface area contributed by atoms with Gasteiger partial charge >= 0.3 is 0 Å². The Morgan fingerprint density at radius 2 is 2.14 bits per heavy atom. The molecule has 1 amide bonds. The molecule has 0 unspecified atom stereocenters. The molecule has 1 atom stereocenters. The summed E-state index contributed by atoms with van der Waals surface area (Å²) in [6, 6.07) is 9.94. The van der Waals surface area contributed by atoms with E-state index in [0.29, 0.717) is 36.5 Å². The predicted octanol–water partition coefficient (Wildman–Crippen LogP) is 2.08. The number of nitrogens with zero attached hydrogens (tertiary/aromatic N) is 2. The van der Waals surface area contributed by atoms with Gasteiger partial charge in [0.2, 0.25) is 11.7 Å². The largest absolute Gasteiger partial charge is 0.431 e. The molecule has 1 N–H and O–H groups in total. The maximum Gasteiger partial charge on any atom is 0.291 e. The Morgan fingerprint density at radius 3 is 2.86 bits per heavy atom. The number of carbonyl (C=O) groups is 1. The van der Waals surface area contributed by atoms with Crippen LogP contribution in [0.1, 0.15) is 23.2 Å². The van der Waals surface area contributed by atoms with Gasteiger partial charge in [0, 0.05) is 31.2 Å². The average molecular weight is 285 g/mol. The van der Waals surface area contributed by atoms with Gasteiger partial charge in [0.25, 0.3) is 5.91 Å². The van der Waals surface area contributed by atoms with Crippen molar-refractivity contribution in [3.63, 3.8) is 0 Å². The van der Waals surface area contributed by atoms with Gasteiger partial charge in [-0.3, -0.25) is 4.79 Å². The van der Waals surface area contributed by atoms with E-state index >= 15 is 0 Å². The molecule has 5 nitrogen and oxygen atoms in total. The number of benzene rings is 1. The third kappa shape index (κ3) is 2.83. The maximum absolute atomic E-state index is 12.6. The fourth-order valence-corrected chi connectivity index (χ4v) is 2.56. The van der Waals surface area contributed by atoms with Crippen LogP contribution in [0.2, 0.25) is 0 Å². The quantitative estimate of drug-likeness (QED) is 0.918. The van der Waals surface area contributed by atoms with Gasteiger partial charge in [0.05, 0.1) is 5.69 Å². The Morgan fingerprint density at radius 1 is 1.38 bits per heavy atom. The van der Waals surface area contributed by atoms with Gasteiger partial charge in [-0.2, -0.15) is 0 Å². The first kappa shape index (κ1) is 13.8. The van der Waals surface area contributed by atoms with Crippen molar-refractivity contribution in [2.45, 2.75) is 19.9 Å². The van der Waals surface area contributed by atoms with E-state index in [1.54, 1.807) is 0 Å². The molecule has 21 heavy (non-hydrogen) atoms. The molecule has 1 aliphatic heterocycles. The van der Waals surface area contributed by atoms with Crippen molar-refractivity contribution in [2.24, 2.45) is 0 Å². The number of aryl methyl sites for hydroxylation is 1. The molecule has 3 rings (SSSR count). The van der Waals surface area contributed by atoms with Crippen LogP contribution >= 0.6 is 0 Å². The summed E-state index contributed by atoms with van der Waals surface area (Å²) in [7, 11) is 0. The molecular weight excluding hydrogens is 266 g/mol. The Labute approximate surface area is 124 Å². The number of aromatic nitrogens is 1. The minimum Gasteiger partial charge on any atom is -0.431 e. The van der Waals surface area contributed by atoms with Crippen LogP contribution in [-0.4, -0.2) is 41.5 Å². The first-order valence-corrected chi connectivity index (χ1v) is 7.20. The number of hydrogen-bond acceptors (Lipinski definition) is 4. The van der Waals surface area contributed by atoms with Crippen LogP contribution in [0.4, 0.5) is 0 Å². The van der Waals surface area contributed by atoms with Crippen molar-refractivity contribution in [3.8, 4) is 11.5 Å². The molecule has 1 saturated heterocycles. The molecule has 0 spiro atoms.